The Morgan fingerprint density at radius 2 is 2.23 bits per heavy atom. The van der Waals surface area contributed by atoms with Crippen LogP contribution in [0.2, 0.25) is 0 Å². The highest BCUT2D eigenvalue weighted by molar-refractivity contribution is 5.31. The minimum absolute atomic E-state index is 0.226. The third-order valence-corrected chi connectivity index (χ3v) is 3.97. The monoisotopic (exact) mass is 307 g/mol. The lowest BCUT2D eigenvalue weighted by Gasteiger charge is -2.14. The van der Waals surface area contributed by atoms with Crippen molar-refractivity contribution in [2.75, 3.05) is 13.2 Å². The maximum Gasteiger partial charge on any atom is 0.216 e. The van der Waals surface area contributed by atoms with Gasteiger partial charge in [-0.25, -0.2) is 4.68 Å². The maximum atomic E-state index is 9.20. The van der Waals surface area contributed by atoms with Gasteiger partial charge in [0.05, 0.1) is 17.9 Å². The summed E-state index contributed by atoms with van der Waals surface area (Å²) in [5.74, 6) is 1.71. The van der Waals surface area contributed by atoms with Crippen LogP contribution in [0.4, 0.5) is 0 Å². The molecule has 1 heterocycles. The van der Waals surface area contributed by atoms with Crippen LogP contribution >= 0.6 is 0 Å². The van der Waals surface area contributed by atoms with Gasteiger partial charge >= 0.3 is 0 Å². The van der Waals surface area contributed by atoms with Crippen molar-refractivity contribution in [1.82, 2.24) is 15.1 Å². The molecule has 1 aromatic heterocycles. The SMILES string of the molecule is CCOc1c(CN[C@@H]2C=C[C@H](CO)C2)c(C)nn1CC(C)C. The van der Waals surface area contributed by atoms with Crippen molar-refractivity contribution in [2.24, 2.45) is 11.8 Å². The van der Waals surface area contributed by atoms with E-state index in [1.807, 2.05) is 18.5 Å². The molecule has 0 spiro atoms. The Morgan fingerprint density at radius 3 is 2.82 bits per heavy atom. The molecule has 0 radical (unpaired) electrons. The third-order valence-electron chi connectivity index (χ3n) is 3.97. The van der Waals surface area contributed by atoms with Crippen LogP contribution in [0.25, 0.3) is 0 Å². The van der Waals surface area contributed by atoms with Gasteiger partial charge in [0.2, 0.25) is 5.88 Å². The average Bonchev–Trinajstić information content (AvgIpc) is 3.03. The lowest BCUT2D eigenvalue weighted by Crippen LogP contribution is -2.26. The molecule has 0 amide bonds. The highest BCUT2D eigenvalue weighted by Gasteiger charge is 2.21. The molecule has 2 atom stereocenters. The van der Waals surface area contributed by atoms with E-state index in [1.165, 1.54) is 0 Å². The summed E-state index contributed by atoms with van der Waals surface area (Å²) in [7, 11) is 0. The molecule has 1 aliphatic carbocycles. The van der Waals surface area contributed by atoms with Gasteiger partial charge < -0.3 is 15.2 Å². The van der Waals surface area contributed by atoms with Gasteiger partial charge in [0.25, 0.3) is 0 Å². The smallest absolute Gasteiger partial charge is 0.216 e. The van der Waals surface area contributed by atoms with Crippen molar-refractivity contribution in [3.05, 3.63) is 23.4 Å². The molecule has 0 fully saturated rings. The minimum atomic E-state index is 0.226. The summed E-state index contributed by atoms with van der Waals surface area (Å²) >= 11 is 0. The summed E-state index contributed by atoms with van der Waals surface area (Å²) in [6, 6.07) is 0.319. The second kappa shape index (κ2) is 7.79. The highest BCUT2D eigenvalue weighted by atomic mass is 16.5. The summed E-state index contributed by atoms with van der Waals surface area (Å²) in [6.45, 7) is 10.9. The summed E-state index contributed by atoms with van der Waals surface area (Å²) in [5, 5.41) is 17.4. The van der Waals surface area contributed by atoms with E-state index in [2.05, 4.69) is 36.4 Å². The van der Waals surface area contributed by atoms with Crippen molar-refractivity contribution in [3.63, 3.8) is 0 Å². The molecule has 0 aliphatic heterocycles. The first-order chi connectivity index (χ1) is 10.5. The Balaban J connectivity index is 2.06. The van der Waals surface area contributed by atoms with Crippen molar-refractivity contribution in [2.45, 2.75) is 53.2 Å². The number of ether oxygens (including phenoxy) is 1. The number of aromatic nitrogens is 2. The second-order valence-electron chi connectivity index (χ2n) is 6.43. The number of aliphatic hydroxyl groups is 1. The Labute approximate surface area is 133 Å². The number of hydrogen-bond donors (Lipinski definition) is 2. The normalized spacial score (nSPS) is 21.0. The quantitative estimate of drug-likeness (QED) is 0.723. The number of aryl methyl sites for hydroxylation is 1. The minimum Gasteiger partial charge on any atom is -0.478 e. The molecule has 1 aliphatic rings. The van der Waals surface area contributed by atoms with E-state index in [0.29, 0.717) is 18.6 Å². The van der Waals surface area contributed by atoms with Crippen LogP contribution in [-0.4, -0.2) is 34.1 Å². The molecule has 5 nitrogen and oxygen atoms in total. The lowest BCUT2D eigenvalue weighted by molar-refractivity contribution is 0.246. The molecular weight excluding hydrogens is 278 g/mol. The van der Waals surface area contributed by atoms with Gasteiger partial charge in [-0.1, -0.05) is 26.0 Å². The Morgan fingerprint density at radius 1 is 1.45 bits per heavy atom. The van der Waals surface area contributed by atoms with E-state index in [0.717, 1.165) is 36.6 Å². The maximum absolute atomic E-state index is 9.20. The van der Waals surface area contributed by atoms with Gasteiger partial charge in [-0.3, -0.25) is 0 Å². The first kappa shape index (κ1) is 17.0. The van der Waals surface area contributed by atoms with Gasteiger partial charge in [0.1, 0.15) is 0 Å². The number of rotatable bonds is 8. The number of nitrogens with zero attached hydrogens (tertiary/aromatic N) is 2. The van der Waals surface area contributed by atoms with Crippen LogP contribution in [0, 0.1) is 18.8 Å². The number of nitrogens with one attached hydrogen (secondary N) is 1. The standard InChI is InChI=1S/C17H29N3O2/c1-5-22-17-16(13(4)19-20(17)10-12(2)3)9-18-15-7-6-14(8-15)11-21/h6-7,12,14-15,18,21H,5,8-11H2,1-4H3/t14-,15+/m0/s1. The van der Waals surface area contributed by atoms with Gasteiger partial charge in [0.15, 0.2) is 0 Å². The first-order valence-electron chi connectivity index (χ1n) is 8.26. The van der Waals surface area contributed by atoms with Crippen molar-refractivity contribution in [3.8, 4) is 5.88 Å². The molecule has 1 aromatic rings. The molecule has 0 aromatic carbocycles. The van der Waals surface area contributed by atoms with Gasteiger partial charge in [-0.05, 0) is 26.2 Å². The fourth-order valence-electron chi connectivity index (χ4n) is 2.86. The Kier molecular flexibility index (Phi) is 6.03. The zero-order valence-corrected chi connectivity index (χ0v) is 14.2. The molecule has 0 saturated carbocycles. The van der Waals surface area contributed by atoms with E-state index in [4.69, 9.17) is 4.74 Å². The van der Waals surface area contributed by atoms with Crippen LogP contribution in [-0.2, 0) is 13.1 Å². The molecule has 22 heavy (non-hydrogen) atoms. The zero-order chi connectivity index (χ0) is 16.1. The molecule has 0 saturated heterocycles. The second-order valence-corrected chi connectivity index (χ2v) is 6.43. The van der Waals surface area contributed by atoms with Crippen molar-refractivity contribution in [1.29, 1.82) is 0 Å². The fraction of sp³-hybridized carbons (Fsp3) is 0.706. The Bertz CT molecular complexity index is 508. The molecule has 5 heteroatoms. The van der Waals surface area contributed by atoms with Crippen molar-refractivity contribution < 1.29 is 9.84 Å². The lowest BCUT2D eigenvalue weighted by atomic mass is 10.1. The Hall–Kier alpha value is -1.33. The molecule has 0 unspecified atom stereocenters. The van der Waals surface area contributed by atoms with E-state index >= 15 is 0 Å². The van der Waals surface area contributed by atoms with Crippen LogP contribution in [0.5, 0.6) is 5.88 Å². The predicted octanol–water partition coefficient (Wildman–Crippen LogP) is 2.27. The summed E-state index contributed by atoms with van der Waals surface area (Å²) in [4.78, 5) is 0. The molecular formula is C17H29N3O2. The third kappa shape index (κ3) is 4.11. The summed E-state index contributed by atoms with van der Waals surface area (Å²) < 4.78 is 7.84. The van der Waals surface area contributed by atoms with E-state index < -0.39 is 0 Å². The summed E-state index contributed by atoms with van der Waals surface area (Å²) in [6.07, 6.45) is 5.20. The van der Waals surface area contributed by atoms with Crippen molar-refractivity contribution >= 4 is 0 Å². The van der Waals surface area contributed by atoms with Crippen LogP contribution in [0.1, 0.15) is 38.4 Å². The number of aliphatic hydroxyl groups excluding tert-OH is 1. The largest absolute Gasteiger partial charge is 0.478 e. The van der Waals surface area contributed by atoms with Gasteiger partial charge in [0, 0.05) is 31.7 Å². The van der Waals surface area contributed by atoms with E-state index in [9.17, 15) is 5.11 Å². The summed E-state index contributed by atoms with van der Waals surface area (Å²) in [5.41, 5.74) is 2.17. The average molecular weight is 307 g/mol. The van der Waals surface area contributed by atoms with Crippen LogP contribution in [0.3, 0.4) is 0 Å². The van der Waals surface area contributed by atoms with E-state index in [1.54, 1.807) is 0 Å². The zero-order valence-electron chi connectivity index (χ0n) is 14.2. The molecule has 124 valence electrons. The van der Waals surface area contributed by atoms with Gasteiger partial charge in [-0.2, -0.15) is 5.10 Å². The molecule has 2 rings (SSSR count). The van der Waals surface area contributed by atoms with E-state index in [-0.39, 0.29) is 12.5 Å². The first-order valence-corrected chi connectivity index (χ1v) is 8.26. The van der Waals surface area contributed by atoms with Gasteiger partial charge in [-0.15, -0.1) is 0 Å². The van der Waals surface area contributed by atoms with Crippen LogP contribution < -0.4 is 10.1 Å². The topological polar surface area (TPSA) is 59.3 Å². The molecule has 0 bridgehead atoms. The fourth-order valence-corrected chi connectivity index (χ4v) is 2.86. The van der Waals surface area contributed by atoms with Crippen LogP contribution in [0.15, 0.2) is 12.2 Å². The predicted molar refractivity (Wildman–Crippen MR) is 87.9 cm³/mol. The highest BCUT2D eigenvalue weighted by Crippen LogP contribution is 2.25. The molecule has 2 N–H and O–H groups in total. The number of hydrogen-bond acceptors (Lipinski definition) is 4.